The molecule has 3 aromatic rings. The van der Waals surface area contributed by atoms with E-state index in [1.165, 1.54) is 11.8 Å². The van der Waals surface area contributed by atoms with Crippen molar-refractivity contribution in [3.05, 3.63) is 77.6 Å². The van der Waals surface area contributed by atoms with Gasteiger partial charge in [-0.15, -0.1) is 0 Å². The Kier molecular flexibility index (Phi) is 5.42. The molecule has 2 unspecified atom stereocenters. The van der Waals surface area contributed by atoms with Crippen molar-refractivity contribution in [2.45, 2.75) is 44.0 Å². The van der Waals surface area contributed by atoms with Crippen LogP contribution in [0.1, 0.15) is 37.0 Å². The summed E-state index contributed by atoms with van der Waals surface area (Å²) in [7, 11) is 0. The first-order valence-electron chi connectivity index (χ1n) is 12.6. The number of hydrogen-bond acceptors (Lipinski definition) is 6. The van der Waals surface area contributed by atoms with Gasteiger partial charge in [0.05, 0.1) is 42.4 Å². The molecule has 8 nitrogen and oxygen atoms in total. The maximum absolute atomic E-state index is 14.0. The van der Waals surface area contributed by atoms with E-state index in [0.717, 1.165) is 0 Å². The molecule has 0 saturated carbocycles. The lowest BCUT2D eigenvalue weighted by Gasteiger charge is -2.33. The molecule has 38 heavy (non-hydrogen) atoms. The highest BCUT2D eigenvalue weighted by Gasteiger charge is 2.77. The van der Waals surface area contributed by atoms with E-state index in [4.69, 9.17) is 16.0 Å². The quantitative estimate of drug-likeness (QED) is 0.299. The third-order valence-corrected chi connectivity index (χ3v) is 8.41. The SMILES string of the molecule is [C-]#[N+]c1ccc(N2C(=O)[C@@H]3[C@H](C2=O)C2(C)OC3(CCOc3ccc(C(C)=O)cc3)C[C@H]2O)c2ccccc12. The summed E-state index contributed by atoms with van der Waals surface area (Å²) >= 11 is 0. The van der Waals surface area contributed by atoms with Gasteiger partial charge in [-0.3, -0.25) is 14.4 Å². The molecule has 3 aliphatic heterocycles. The molecule has 0 radical (unpaired) electrons. The lowest BCUT2D eigenvalue weighted by Crippen LogP contribution is -2.49. The number of Topliss-reactive ketones (excluding diaryl/α,β-unsaturated/α-hetero) is 1. The molecule has 2 amide bonds. The zero-order chi connectivity index (χ0) is 26.8. The van der Waals surface area contributed by atoms with Crippen LogP contribution in [-0.2, 0) is 14.3 Å². The number of rotatable bonds is 6. The summed E-state index contributed by atoms with van der Waals surface area (Å²) in [5, 5.41) is 12.3. The number of nitrogens with zero attached hydrogens (tertiary/aromatic N) is 2. The number of aliphatic hydroxyl groups excluding tert-OH is 1. The monoisotopic (exact) mass is 510 g/mol. The van der Waals surface area contributed by atoms with E-state index in [1.807, 2.05) is 12.1 Å². The Hall–Kier alpha value is -4.06. The molecule has 2 bridgehead atoms. The number of ether oxygens (including phenoxy) is 2. The van der Waals surface area contributed by atoms with Crippen LogP contribution in [-0.4, -0.2) is 46.6 Å². The van der Waals surface area contributed by atoms with Crippen molar-refractivity contribution in [2.24, 2.45) is 11.8 Å². The van der Waals surface area contributed by atoms with E-state index in [9.17, 15) is 19.5 Å². The van der Waals surface area contributed by atoms with E-state index in [0.29, 0.717) is 39.9 Å². The minimum Gasteiger partial charge on any atom is -0.493 e. The molecule has 8 heteroatoms. The number of hydrogen-bond donors (Lipinski definition) is 1. The topological polar surface area (TPSA) is 97.5 Å². The molecule has 192 valence electrons. The largest absolute Gasteiger partial charge is 0.493 e. The van der Waals surface area contributed by atoms with Crippen molar-refractivity contribution in [1.82, 2.24) is 0 Å². The maximum Gasteiger partial charge on any atom is 0.240 e. The summed E-state index contributed by atoms with van der Waals surface area (Å²) < 4.78 is 12.3. The molecule has 3 saturated heterocycles. The van der Waals surface area contributed by atoms with Crippen molar-refractivity contribution in [1.29, 1.82) is 0 Å². The lowest BCUT2D eigenvalue weighted by molar-refractivity contribution is -0.134. The van der Waals surface area contributed by atoms with Crippen LogP contribution in [0.4, 0.5) is 11.4 Å². The number of carbonyl (C=O) groups is 3. The molecule has 0 aliphatic carbocycles. The molecule has 3 aliphatic rings. The molecule has 6 rings (SSSR count). The Morgan fingerprint density at radius 2 is 1.76 bits per heavy atom. The average molecular weight is 511 g/mol. The third-order valence-electron chi connectivity index (χ3n) is 8.41. The smallest absolute Gasteiger partial charge is 0.240 e. The van der Waals surface area contributed by atoms with Gasteiger partial charge in [-0.25, -0.2) is 9.74 Å². The zero-order valence-corrected chi connectivity index (χ0v) is 21.0. The fourth-order valence-electron chi connectivity index (χ4n) is 6.55. The van der Waals surface area contributed by atoms with Crippen molar-refractivity contribution in [3.63, 3.8) is 0 Å². The van der Waals surface area contributed by atoms with E-state index < -0.39 is 35.0 Å². The highest BCUT2D eigenvalue weighted by Crippen LogP contribution is 2.62. The number of carbonyl (C=O) groups excluding carboxylic acids is 3. The number of imide groups is 1. The van der Waals surface area contributed by atoms with Crippen LogP contribution in [0.5, 0.6) is 5.75 Å². The molecule has 0 aromatic heterocycles. The molecule has 3 aromatic carbocycles. The number of ketones is 1. The van der Waals surface area contributed by atoms with Gasteiger partial charge in [0, 0.05) is 18.4 Å². The Morgan fingerprint density at radius 3 is 2.45 bits per heavy atom. The predicted octanol–water partition coefficient (Wildman–Crippen LogP) is 4.46. The Morgan fingerprint density at radius 1 is 1.08 bits per heavy atom. The van der Waals surface area contributed by atoms with Gasteiger partial charge in [-0.05, 0) is 55.0 Å². The summed E-state index contributed by atoms with van der Waals surface area (Å²) in [6.07, 6.45) is -0.377. The number of aliphatic hydroxyl groups is 1. The van der Waals surface area contributed by atoms with Gasteiger partial charge in [0.2, 0.25) is 11.8 Å². The van der Waals surface area contributed by atoms with Crippen molar-refractivity contribution in [3.8, 4) is 5.75 Å². The first-order valence-corrected chi connectivity index (χ1v) is 12.6. The summed E-state index contributed by atoms with van der Waals surface area (Å²) in [5.41, 5.74) is -0.779. The second kappa shape index (κ2) is 8.48. The van der Waals surface area contributed by atoms with Gasteiger partial charge in [0.1, 0.15) is 11.4 Å². The number of amides is 2. The predicted molar refractivity (Wildman–Crippen MR) is 139 cm³/mol. The van der Waals surface area contributed by atoms with E-state index in [-0.39, 0.29) is 24.7 Å². The second-order valence-electron chi connectivity index (χ2n) is 10.5. The average Bonchev–Trinajstić information content (AvgIpc) is 3.44. The highest BCUT2D eigenvalue weighted by molar-refractivity contribution is 6.26. The highest BCUT2D eigenvalue weighted by atomic mass is 16.6. The van der Waals surface area contributed by atoms with Gasteiger partial charge in [-0.1, -0.05) is 30.3 Å². The van der Waals surface area contributed by atoms with Crippen molar-refractivity contribution in [2.75, 3.05) is 11.5 Å². The molecule has 0 spiro atoms. The molecule has 1 N–H and O–H groups in total. The number of anilines is 1. The summed E-state index contributed by atoms with van der Waals surface area (Å²) in [4.78, 5) is 44.2. The second-order valence-corrected chi connectivity index (χ2v) is 10.5. The van der Waals surface area contributed by atoms with Gasteiger partial charge in [0.25, 0.3) is 0 Å². The van der Waals surface area contributed by atoms with Crippen LogP contribution in [0.15, 0.2) is 60.7 Å². The molecule has 5 atom stereocenters. The summed E-state index contributed by atoms with van der Waals surface area (Å²) in [6.45, 7) is 10.9. The van der Waals surface area contributed by atoms with Crippen molar-refractivity contribution >= 4 is 39.7 Å². The first kappa shape index (κ1) is 24.3. The lowest BCUT2D eigenvalue weighted by atomic mass is 9.66. The molecular weight excluding hydrogens is 484 g/mol. The first-order chi connectivity index (χ1) is 18.2. The maximum atomic E-state index is 14.0. The van der Waals surface area contributed by atoms with E-state index in [2.05, 4.69) is 4.85 Å². The van der Waals surface area contributed by atoms with Crippen molar-refractivity contribution < 1.29 is 29.0 Å². The van der Waals surface area contributed by atoms with E-state index >= 15 is 0 Å². The Balaban J connectivity index is 1.32. The van der Waals surface area contributed by atoms with Gasteiger partial charge < -0.3 is 14.6 Å². The van der Waals surface area contributed by atoms with Crippen LogP contribution >= 0.6 is 0 Å². The number of benzene rings is 3. The Labute approximate surface area is 219 Å². The standard InChI is InChI=1S/C30H26N2O6/c1-17(33)18-8-10-19(11-9-18)37-15-14-30-16-24(34)29(2,38-30)25-26(30)28(36)32(27(25)35)23-13-12-22(31-3)20-6-4-5-7-21(20)23/h4-13,24-26,34H,14-16H2,1-2H3/t24-,25-,26+,29?,30?/m1/s1. The van der Waals surface area contributed by atoms with Gasteiger partial charge >= 0.3 is 0 Å². The normalized spacial score (nSPS) is 29.5. The number of fused-ring (bicyclic) bond motifs is 6. The Bertz CT molecular complexity index is 1540. The van der Waals surface area contributed by atoms with Crippen LogP contribution < -0.4 is 9.64 Å². The molecular formula is C30H26N2O6. The van der Waals surface area contributed by atoms with Crippen LogP contribution in [0, 0.1) is 18.4 Å². The summed E-state index contributed by atoms with van der Waals surface area (Å²) in [6, 6.07) is 17.3. The van der Waals surface area contributed by atoms with Gasteiger partial charge in [-0.2, -0.15) is 0 Å². The minimum absolute atomic E-state index is 0.0365. The fourth-order valence-corrected chi connectivity index (χ4v) is 6.55. The summed E-state index contributed by atoms with van der Waals surface area (Å²) in [5.74, 6) is -1.80. The van der Waals surface area contributed by atoms with Crippen LogP contribution in [0.25, 0.3) is 15.6 Å². The van der Waals surface area contributed by atoms with Gasteiger partial charge in [0.15, 0.2) is 11.5 Å². The minimum atomic E-state index is -1.19. The van der Waals surface area contributed by atoms with E-state index in [1.54, 1.807) is 55.5 Å². The molecule has 3 fully saturated rings. The third kappa shape index (κ3) is 3.32. The molecule has 3 heterocycles. The fraction of sp³-hybridized carbons (Fsp3) is 0.333. The van der Waals surface area contributed by atoms with Crippen LogP contribution in [0.3, 0.4) is 0 Å². The zero-order valence-electron chi connectivity index (χ0n) is 21.0. The van der Waals surface area contributed by atoms with Crippen LogP contribution in [0.2, 0.25) is 0 Å².